The first kappa shape index (κ1) is 18.5. The van der Waals surface area contributed by atoms with Gasteiger partial charge in [-0.15, -0.1) is 0 Å². The molecule has 0 unspecified atom stereocenters. The molecule has 6 heteroatoms. The molecule has 1 aliphatic heterocycles. The van der Waals surface area contributed by atoms with Crippen LogP contribution in [0.5, 0.6) is 11.5 Å². The van der Waals surface area contributed by atoms with Crippen LogP contribution in [-0.2, 0) is 6.54 Å². The maximum atomic E-state index is 12.8. The van der Waals surface area contributed by atoms with Gasteiger partial charge in [-0.25, -0.2) is 0 Å². The molecule has 3 rings (SSSR count). The molecule has 1 saturated heterocycles. The summed E-state index contributed by atoms with van der Waals surface area (Å²) in [7, 11) is 1.48. The van der Waals surface area contributed by atoms with Crippen molar-refractivity contribution in [2.75, 3.05) is 33.3 Å². The Kier molecular flexibility index (Phi) is 6.01. The topological polar surface area (TPSA) is 53.0 Å². The fourth-order valence-electron chi connectivity index (χ4n) is 3.21. The second-order valence-corrected chi connectivity index (χ2v) is 6.84. The Bertz CT molecular complexity index is 764. The molecule has 0 aromatic heterocycles. The number of para-hydroxylation sites is 1. The first-order valence-electron chi connectivity index (χ1n) is 8.70. The van der Waals surface area contributed by atoms with E-state index in [1.807, 2.05) is 24.3 Å². The number of amides is 1. The van der Waals surface area contributed by atoms with Crippen LogP contribution in [0.15, 0.2) is 42.5 Å². The van der Waals surface area contributed by atoms with Crippen molar-refractivity contribution in [3.63, 3.8) is 0 Å². The predicted octanol–water partition coefficient (Wildman–Crippen LogP) is 3.40. The molecular weight excluding hydrogens is 352 g/mol. The molecule has 2 aromatic carbocycles. The van der Waals surface area contributed by atoms with Gasteiger partial charge in [0.25, 0.3) is 5.91 Å². The summed E-state index contributed by atoms with van der Waals surface area (Å²) >= 11 is 5.94. The molecule has 1 aliphatic rings. The van der Waals surface area contributed by atoms with Gasteiger partial charge >= 0.3 is 0 Å². The largest absolute Gasteiger partial charge is 0.504 e. The van der Waals surface area contributed by atoms with Crippen LogP contribution in [-0.4, -0.2) is 54.1 Å². The number of nitrogens with zero attached hydrogens (tertiary/aromatic N) is 2. The zero-order valence-corrected chi connectivity index (χ0v) is 15.6. The van der Waals surface area contributed by atoms with Gasteiger partial charge in [0.2, 0.25) is 0 Å². The number of phenolic OH excluding ortho intramolecular Hbond substituents is 1. The van der Waals surface area contributed by atoms with E-state index in [-0.39, 0.29) is 17.2 Å². The number of phenols is 1. The highest BCUT2D eigenvalue weighted by molar-refractivity contribution is 6.30. The van der Waals surface area contributed by atoms with E-state index in [1.54, 1.807) is 23.1 Å². The molecule has 0 spiro atoms. The molecule has 0 radical (unpaired) electrons. The van der Waals surface area contributed by atoms with Crippen LogP contribution in [0.3, 0.4) is 0 Å². The van der Waals surface area contributed by atoms with E-state index in [0.717, 1.165) is 31.1 Å². The van der Waals surface area contributed by atoms with E-state index in [9.17, 15) is 9.90 Å². The summed E-state index contributed by atoms with van der Waals surface area (Å²) in [6.45, 7) is 3.86. The number of aromatic hydroxyl groups is 1. The second-order valence-electron chi connectivity index (χ2n) is 6.40. The van der Waals surface area contributed by atoms with E-state index in [1.165, 1.54) is 12.7 Å². The lowest BCUT2D eigenvalue weighted by Crippen LogP contribution is -2.35. The van der Waals surface area contributed by atoms with Gasteiger partial charge in [0, 0.05) is 37.7 Å². The summed E-state index contributed by atoms with van der Waals surface area (Å²) < 4.78 is 5.10. The van der Waals surface area contributed by atoms with Crippen molar-refractivity contribution in [3.8, 4) is 11.5 Å². The Morgan fingerprint density at radius 3 is 2.62 bits per heavy atom. The van der Waals surface area contributed by atoms with Gasteiger partial charge in [-0.1, -0.05) is 29.8 Å². The summed E-state index contributed by atoms with van der Waals surface area (Å²) in [5, 5.41) is 11.0. The van der Waals surface area contributed by atoms with Crippen LogP contribution in [0.25, 0.3) is 0 Å². The highest BCUT2D eigenvalue weighted by Gasteiger charge is 2.23. The van der Waals surface area contributed by atoms with Gasteiger partial charge in [0.15, 0.2) is 11.5 Å². The second kappa shape index (κ2) is 8.43. The molecule has 2 aromatic rings. The lowest BCUT2D eigenvalue weighted by molar-refractivity contribution is 0.0757. The predicted molar refractivity (Wildman–Crippen MR) is 102 cm³/mol. The molecule has 1 fully saturated rings. The number of ether oxygens (including phenoxy) is 1. The van der Waals surface area contributed by atoms with Gasteiger partial charge in [-0.2, -0.15) is 0 Å². The zero-order chi connectivity index (χ0) is 18.5. The minimum absolute atomic E-state index is 0.0951. The summed E-state index contributed by atoms with van der Waals surface area (Å²) in [6, 6.07) is 12.9. The van der Waals surface area contributed by atoms with Gasteiger partial charge in [-0.05, 0) is 36.2 Å². The summed E-state index contributed by atoms with van der Waals surface area (Å²) in [6.07, 6.45) is 0.893. The van der Waals surface area contributed by atoms with E-state index < -0.39 is 0 Å². The molecule has 0 aliphatic carbocycles. The van der Waals surface area contributed by atoms with Crippen molar-refractivity contribution in [1.29, 1.82) is 0 Å². The molecule has 1 N–H and O–H groups in total. The Morgan fingerprint density at radius 2 is 1.88 bits per heavy atom. The third-order valence-electron chi connectivity index (χ3n) is 4.64. The Labute approximate surface area is 158 Å². The number of carbonyl (C=O) groups excluding carboxylic acids is 1. The molecule has 26 heavy (non-hydrogen) atoms. The first-order valence-corrected chi connectivity index (χ1v) is 9.08. The van der Waals surface area contributed by atoms with Crippen LogP contribution >= 0.6 is 11.6 Å². The minimum atomic E-state index is -0.158. The summed E-state index contributed by atoms with van der Waals surface area (Å²) in [4.78, 5) is 17.0. The maximum absolute atomic E-state index is 12.8. The summed E-state index contributed by atoms with van der Waals surface area (Å²) in [5.41, 5.74) is 1.50. The molecule has 1 heterocycles. The van der Waals surface area contributed by atoms with Crippen molar-refractivity contribution < 1.29 is 14.6 Å². The molecular formula is C20H23ClN2O3. The van der Waals surface area contributed by atoms with Crippen molar-refractivity contribution in [1.82, 2.24) is 9.80 Å². The third-order valence-corrected chi connectivity index (χ3v) is 4.90. The fraction of sp³-hybridized carbons (Fsp3) is 0.350. The third kappa shape index (κ3) is 4.29. The van der Waals surface area contributed by atoms with Crippen LogP contribution in [0.4, 0.5) is 0 Å². The number of methoxy groups -OCH3 is 1. The standard InChI is InChI=1S/C20H23ClN2O3/c1-26-18-5-2-4-17(19(18)24)20(25)23-11-3-10-22(12-13-23)14-15-6-8-16(21)9-7-15/h2,4-9,24H,3,10-14H2,1H3. The van der Waals surface area contributed by atoms with E-state index in [0.29, 0.717) is 18.8 Å². The van der Waals surface area contributed by atoms with Gasteiger partial charge in [0.1, 0.15) is 0 Å². The number of benzene rings is 2. The first-order chi connectivity index (χ1) is 12.6. The summed E-state index contributed by atoms with van der Waals surface area (Å²) in [5.74, 6) is 0.0621. The van der Waals surface area contributed by atoms with Gasteiger partial charge in [0.05, 0.1) is 12.7 Å². The molecule has 0 bridgehead atoms. The average molecular weight is 375 g/mol. The van der Waals surface area contributed by atoms with Crippen molar-refractivity contribution in [2.45, 2.75) is 13.0 Å². The van der Waals surface area contributed by atoms with Crippen LogP contribution in [0, 0.1) is 0 Å². The van der Waals surface area contributed by atoms with Gasteiger partial charge < -0.3 is 14.7 Å². The molecule has 0 saturated carbocycles. The van der Waals surface area contributed by atoms with Gasteiger partial charge in [-0.3, -0.25) is 9.69 Å². The quantitative estimate of drug-likeness (QED) is 0.891. The van der Waals surface area contributed by atoms with Crippen molar-refractivity contribution in [3.05, 3.63) is 58.6 Å². The van der Waals surface area contributed by atoms with Crippen LogP contribution < -0.4 is 4.74 Å². The minimum Gasteiger partial charge on any atom is -0.504 e. The van der Waals surface area contributed by atoms with Crippen LogP contribution in [0.2, 0.25) is 5.02 Å². The van der Waals surface area contributed by atoms with Crippen LogP contribution in [0.1, 0.15) is 22.3 Å². The van der Waals surface area contributed by atoms with E-state index in [4.69, 9.17) is 16.3 Å². The van der Waals surface area contributed by atoms with Crippen molar-refractivity contribution in [2.24, 2.45) is 0 Å². The number of hydrogen-bond acceptors (Lipinski definition) is 4. The Morgan fingerprint density at radius 1 is 1.12 bits per heavy atom. The smallest absolute Gasteiger partial charge is 0.257 e. The Hall–Kier alpha value is -2.24. The van der Waals surface area contributed by atoms with E-state index >= 15 is 0 Å². The average Bonchev–Trinajstić information content (AvgIpc) is 2.89. The monoisotopic (exact) mass is 374 g/mol. The van der Waals surface area contributed by atoms with E-state index in [2.05, 4.69) is 4.90 Å². The number of rotatable bonds is 4. The highest BCUT2D eigenvalue weighted by atomic mass is 35.5. The molecule has 5 nitrogen and oxygen atoms in total. The number of halogens is 1. The number of carbonyl (C=O) groups is 1. The highest BCUT2D eigenvalue weighted by Crippen LogP contribution is 2.30. The molecule has 138 valence electrons. The Balaban J connectivity index is 1.65. The lowest BCUT2D eigenvalue weighted by atomic mass is 10.1. The fourth-order valence-corrected chi connectivity index (χ4v) is 3.34. The van der Waals surface area contributed by atoms with Crippen molar-refractivity contribution >= 4 is 17.5 Å². The molecule has 1 amide bonds. The lowest BCUT2D eigenvalue weighted by Gasteiger charge is -2.22. The maximum Gasteiger partial charge on any atom is 0.257 e. The molecule has 0 atom stereocenters. The zero-order valence-electron chi connectivity index (χ0n) is 14.8. The number of hydrogen-bond donors (Lipinski definition) is 1. The SMILES string of the molecule is COc1cccc(C(=O)N2CCCN(Cc3ccc(Cl)cc3)CC2)c1O. The normalized spacial score (nSPS) is 15.5.